The predicted octanol–water partition coefficient (Wildman–Crippen LogP) is 6.44. The first kappa shape index (κ1) is 16.8. The minimum absolute atomic E-state index is 0.627. The van der Waals surface area contributed by atoms with Crippen molar-refractivity contribution in [1.29, 1.82) is 0 Å². The lowest BCUT2D eigenvalue weighted by Crippen LogP contribution is -2.02. The predicted molar refractivity (Wildman–Crippen MR) is 103 cm³/mol. The van der Waals surface area contributed by atoms with E-state index in [-0.39, 0.29) is 0 Å². The molecule has 0 aliphatic rings. The molecule has 0 N–H and O–H groups in total. The molecule has 0 atom stereocenters. The Morgan fingerprint density at radius 3 is 2.42 bits per heavy atom. The van der Waals surface area contributed by atoms with Gasteiger partial charge in [-0.3, -0.25) is 4.98 Å². The maximum atomic E-state index is 6.15. The van der Waals surface area contributed by atoms with Gasteiger partial charge >= 0.3 is 0 Å². The molecule has 0 amide bonds. The minimum Gasteiger partial charge on any atom is -0.313 e. The van der Waals surface area contributed by atoms with E-state index >= 15 is 0 Å². The fraction of sp³-hybridized carbons (Fsp3) is 0.150. The molecule has 0 aliphatic heterocycles. The van der Waals surface area contributed by atoms with Crippen LogP contribution in [0.2, 0.25) is 10.0 Å². The zero-order valence-electron chi connectivity index (χ0n) is 13.6. The van der Waals surface area contributed by atoms with E-state index in [9.17, 15) is 0 Å². The minimum atomic E-state index is 0.627. The molecule has 0 radical (unpaired) electrons. The zero-order valence-corrected chi connectivity index (χ0v) is 15.1. The van der Waals surface area contributed by atoms with Crippen LogP contribution in [0.1, 0.15) is 25.1 Å². The number of rotatable bonds is 4. The van der Waals surface area contributed by atoms with E-state index in [0.29, 0.717) is 5.02 Å². The Kier molecular flexibility index (Phi) is 5.08. The van der Waals surface area contributed by atoms with Gasteiger partial charge in [0.1, 0.15) is 0 Å². The van der Waals surface area contributed by atoms with Crippen LogP contribution in [0.15, 0.2) is 54.9 Å². The summed E-state index contributed by atoms with van der Waals surface area (Å²) in [7, 11) is 0. The van der Waals surface area contributed by atoms with E-state index in [2.05, 4.69) is 34.7 Å². The highest BCUT2D eigenvalue weighted by atomic mass is 35.5. The first-order chi connectivity index (χ1) is 11.6. The van der Waals surface area contributed by atoms with Crippen LogP contribution in [0.5, 0.6) is 0 Å². The number of pyridine rings is 1. The zero-order chi connectivity index (χ0) is 17.1. The molecule has 0 spiro atoms. The third kappa shape index (κ3) is 3.26. The fourth-order valence-electron chi connectivity index (χ4n) is 2.91. The molecule has 1 aromatic carbocycles. The standard InChI is InChI=1S/C20H18Cl2N2/c1-3-5-14-11-20(15-10-17(22)13-23-12-15)24(19(14)4-2)18-8-6-16(21)7-9-18/h3,5-13H,4H2,1-2H3/b5-3-. The van der Waals surface area contributed by atoms with Crippen molar-refractivity contribution in [3.05, 3.63) is 76.2 Å². The Morgan fingerprint density at radius 1 is 1.04 bits per heavy atom. The summed E-state index contributed by atoms with van der Waals surface area (Å²) in [6.07, 6.45) is 8.59. The summed E-state index contributed by atoms with van der Waals surface area (Å²) in [5.41, 5.74) is 5.57. The van der Waals surface area contributed by atoms with Gasteiger partial charge in [-0.1, -0.05) is 42.3 Å². The van der Waals surface area contributed by atoms with Crippen LogP contribution in [0.4, 0.5) is 0 Å². The van der Waals surface area contributed by atoms with Crippen molar-refractivity contribution in [2.24, 2.45) is 0 Å². The third-order valence-electron chi connectivity index (χ3n) is 3.90. The van der Waals surface area contributed by atoms with Gasteiger partial charge in [-0.05, 0) is 55.3 Å². The van der Waals surface area contributed by atoms with E-state index in [4.69, 9.17) is 23.2 Å². The Bertz CT molecular complexity index is 877. The van der Waals surface area contributed by atoms with Crippen LogP contribution in [0, 0.1) is 0 Å². The van der Waals surface area contributed by atoms with Gasteiger partial charge < -0.3 is 4.57 Å². The largest absolute Gasteiger partial charge is 0.313 e. The number of allylic oxidation sites excluding steroid dienone is 1. The number of hydrogen-bond donors (Lipinski definition) is 0. The summed E-state index contributed by atoms with van der Waals surface area (Å²) in [5.74, 6) is 0. The summed E-state index contributed by atoms with van der Waals surface area (Å²) < 4.78 is 2.25. The molecule has 24 heavy (non-hydrogen) atoms. The molecule has 0 saturated heterocycles. The van der Waals surface area contributed by atoms with Gasteiger partial charge in [0.15, 0.2) is 0 Å². The summed E-state index contributed by atoms with van der Waals surface area (Å²) in [5, 5.41) is 1.35. The lowest BCUT2D eigenvalue weighted by atomic mass is 10.1. The number of hydrogen-bond acceptors (Lipinski definition) is 1. The van der Waals surface area contributed by atoms with Gasteiger partial charge in [0, 0.05) is 34.4 Å². The van der Waals surface area contributed by atoms with Crippen molar-refractivity contribution in [3.63, 3.8) is 0 Å². The highest BCUT2D eigenvalue weighted by molar-refractivity contribution is 6.31. The normalized spacial score (nSPS) is 11.3. The van der Waals surface area contributed by atoms with Crippen LogP contribution in [-0.4, -0.2) is 9.55 Å². The number of benzene rings is 1. The van der Waals surface area contributed by atoms with Gasteiger partial charge in [0.25, 0.3) is 0 Å². The van der Waals surface area contributed by atoms with Crippen molar-refractivity contribution in [2.75, 3.05) is 0 Å². The lowest BCUT2D eigenvalue weighted by molar-refractivity contribution is 0.939. The van der Waals surface area contributed by atoms with E-state index < -0.39 is 0 Å². The molecule has 0 aliphatic carbocycles. The molecule has 2 aromatic heterocycles. The second-order valence-electron chi connectivity index (χ2n) is 5.49. The third-order valence-corrected chi connectivity index (χ3v) is 4.36. The maximum absolute atomic E-state index is 6.15. The van der Waals surface area contributed by atoms with E-state index in [1.807, 2.05) is 43.5 Å². The molecule has 122 valence electrons. The van der Waals surface area contributed by atoms with Crippen LogP contribution >= 0.6 is 23.2 Å². The first-order valence-corrected chi connectivity index (χ1v) is 8.63. The van der Waals surface area contributed by atoms with Gasteiger partial charge in [0.05, 0.1) is 10.7 Å². The van der Waals surface area contributed by atoms with Crippen molar-refractivity contribution in [1.82, 2.24) is 9.55 Å². The van der Waals surface area contributed by atoms with Gasteiger partial charge in [0.2, 0.25) is 0 Å². The van der Waals surface area contributed by atoms with Crippen LogP contribution in [0.25, 0.3) is 23.0 Å². The molecule has 2 nitrogen and oxygen atoms in total. The quantitative estimate of drug-likeness (QED) is 0.525. The Morgan fingerprint density at radius 2 is 1.79 bits per heavy atom. The Hall–Kier alpha value is -2.03. The van der Waals surface area contributed by atoms with Gasteiger partial charge in [-0.25, -0.2) is 0 Å². The maximum Gasteiger partial charge on any atom is 0.0596 e. The molecule has 0 unspecified atom stereocenters. The molecule has 0 bridgehead atoms. The van der Waals surface area contributed by atoms with Crippen LogP contribution in [0.3, 0.4) is 0 Å². The Labute approximate surface area is 152 Å². The molecular weight excluding hydrogens is 339 g/mol. The second-order valence-corrected chi connectivity index (χ2v) is 6.36. The molecule has 3 rings (SSSR count). The van der Waals surface area contributed by atoms with E-state index in [1.165, 1.54) is 11.3 Å². The fourth-order valence-corrected chi connectivity index (χ4v) is 3.21. The van der Waals surface area contributed by atoms with Crippen LogP contribution < -0.4 is 0 Å². The highest BCUT2D eigenvalue weighted by Crippen LogP contribution is 2.32. The first-order valence-electron chi connectivity index (χ1n) is 7.88. The second kappa shape index (κ2) is 7.25. The monoisotopic (exact) mass is 356 g/mol. The average Bonchev–Trinajstić information content (AvgIpc) is 2.94. The van der Waals surface area contributed by atoms with Crippen molar-refractivity contribution in [2.45, 2.75) is 20.3 Å². The molecule has 0 fully saturated rings. The topological polar surface area (TPSA) is 17.8 Å². The summed E-state index contributed by atoms with van der Waals surface area (Å²) in [6, 6.07) is 12.0. The van der Waals surface area contributed by atoms with E-state index in [0.717, 1.165) is 28.4 Å². The Balaban J connectivity index is 2.29. The van der Waals surface area contributed by atoms with Gasteiger partial charge in [-0.15, -0.1) is 0 Å². The average molecular weight is 357 g/mol. The van der Waals surface area contributed by atoms with Crippen LogP contribution in [-0.2, 0) is 6.42 Å². The lowest BCUT2D eigenvalue weighted by Gasteiger charge is -2.14. The summed E-state index contributed by atoms with van der Waals surface area (Å²) >= 11 is 12.2. The van der Waals surface area contributed by atoms with Crippen molar-refractivity contribution < 1.29 is 0 Å². The summed E-state index contributed by atoms with van der Waals surface area (Å²) in [4.78, 5) is 4.24. The van der Waals surface area contributed by atoms with Crippen molar-refractivity contribution >= 4 is 29.3 Å². The summed E-state index contributed by atoms with van der Waals surface area (Å²) in [6.45, 7) is 4.19. The molecule has 0 saturated carbocycles. The molecular formula is C20H18Cl2N2. The van der Waals surface area contributed by atoms with Crippen molar-refractivity contribution in [3.8, 4) is 16.9 Å². The number of nitrogens with zero attached hydrogens (tertiary/aromatic N) is 2. The molecule has 3 aromatic rings. The van der Waals surface area contributed by atoms with Gasteiger partial charge in [-0.2, -0.15) is 0 Å². The van der Waals surface area contributed by atoms with E-state index in [1.54, 1.807) is 6.20 Å². The highest BCUT2D eigenvalue weighted by Gasteiger charge is 2.16. The smallest absolute Gasteiger partial charge is 0.0596 e. The SMILES string of the molecule is C/C=C\c1cc(-c2cncc(Cl)c2)n(-c2ccc(Cl)cc2)c1CC. The number of halogens is 2. The molecule has 4 heteroatoms. The molecule has 2 heterocycles. The number of aromatic nitrogens is 2.